The summed E-state index contributed by atoms with van der Waals surface area (Å²) in [6, 6.07) is 11.8. The molecule has 2 N–H and O–H groups in total. The Hall–Kier alpha value is -3.84. The van der Waals surface area contributed by atoms with Crippen LogP contribution >= 0.6 is 0 Å². The molecule has 0 aliphatic carbocycles. The average Bonchev–Trinajstić information content (AvgIpc) is 2.96. The minimum atomic E-state index is -0.319. The average molecular weight is 544 g/mol. The smallest absolute Gasteiger partial charge is 0.213 e. The number of ether oxygens (including phenoxy) is 1. The molecular weight excluding hydrogens is 501 g/mol. The summed E-state index contributed by atoms with van der Waals surface area (Å²) in [4.78, 5) is 15.5. The number of pyridine rings is 2. The summed E-state index contributed by atoms with van der Waals surface area (Å²) in [5.74, 6) is 0.515. The monoisotopic (exact) mass is 543 g/mol. The van der Waals surface area contributed by atoms with Crippen molar-refractivity contribution in [3.63, 3.8) is 0 Å². The van der Waals surface area contributed by atoms with Crippen LogP contribution in [0.5, 0.6) is 5.88 Å². The van der Waals surface area contributed by atoms with E-state index in [0.29, 0.717) is 34.8 Å². The number of likely N-dealkylation sites (tertiary alicyclic amines) is 1. The van der Waals surface area contributed by atoms with E-state index in [0.717, 1.165) is 49.4 Å². The van der Waals surface area contributed by atoms with E-state index in [4.69, 9.17) is 10.5 Å². The van der Waals surface area contributed by atoms with Crippen LogP contribution < -0.4 is 10.5 Å². The number of aromatic nitrogens is 2. The molecule has 0 spiro atoms. The van der Waals surface area contributed by atoms with Gasteiger partial charge in [0, 0.05) is 42.5 Å². The van der Waals surface area contributed by atoms with Crippen LogP contribution in [0.25, 0.3) is 16.7 Å². The summed E-state index contributed by atoms with van der Waals surface area (Å²) in [5, 5.41) is 0. The number of piperidine rings is 1. The molecule has 6 nitrogen and oxygen atoms in total. The van der Waals surface area contributed by atoms with Gasteiger partial charge < -0.3 is 15.4 Å². The van der Waals surface area contributed by atoms with Gasteiger partial charge in [-0.3, -0.25) is 9.98 Å². The number of nitrogens with zero attached hydrogens (tertiary/aromatic N) is 4. The molecule has 212 valence electrons. The third-order valence-corrected chi connectivity index (χ3v) is 7.03. The van der Waals surface area contributed by atoms with Gasteiger partial charge >= 0.3 is 0 Å². The van der Waals surface area contributed by atoms with Crippen molar-refractivity contribution in [2.24, 2.45) is 16.6 Å². The van der Waals surface area contributed by atoms with Crippen molar-refractivity contribution in [1.82, 2.24) is 14.9 Å². The molecule has 0 saturated carbocycles. The van der Waals surface area contributed by atoms with E-state index in [2.05, 4.69) is 45.5 Å². The molecule has 0 amide bonds. The molecule has 4 rings (SSSR count). The highest BCUT2D eigenvalue weighted by Gasteiger charge is 2.23. The fraction of sp³-hybridized carbons (Fsp3) is 0.364. The van der Waals surface area contributed by atoms with Crippen molar-refractivity contribution in [3.05, 3.63) is 95.5 Å². The number of aryl methyl sites for hydroxylation is 1. The molecule has 7 heteroatoms. The van der Waals surface area contributed by atoms with Gasteiger partial charge in [0.2, 0.25) is 5.88 Å². The van der Waals surface area contributed by atoms with Crippen molar-refractivity contribution in [2.75, 3.05) is 33.8 Å². The molecule has 1 aliphatic rings. The Kier molecular flexibility index (Phi) is 11.6. The summed E-state index contributed by atoms with van der Waals surface area (Å²) < 4.78 is 19.8. The number of hydrogen-bond donors (Lipinski definition) is 1. The maximum absolute atomic E-state index is 14.6. The van der Waals surface area contributed by atoms with Gasteiger partial charge in [-0.1, -0.05) is 54.1 Å². The molecule has 3 aromatic rings. The zero-order valence-electron chi connectivity index (χ0n) is 24.5. The molecule has 2 aromatic heterocycles. The van der Waals surface area contributed by atoms with Crippen LogP contribution in [0.2, 0.25) is 0 Å². The quantitative estimate of drug-likeness (QED) is 0.258. The molecule has 1 aromatic carbocycles. The number of hydrogen-bond acceptors (Lipinski definition) is 6. The Morgan fingerprint density at radius 1 is 1.18 bits per heavy atom. The molecule has 1 saturated heterocycles. The number of benzene rings is 1. The topological polar surface area (TPSA) is 76.6 Å². The zero-order valence-corrected chi connectivity index (χ0v) is 24.5. The van der Waals surface area contributed by atoms with Crippen LogP contribution in [-0.2, 0) is 6.42 Å². The van der Waals surface area contributed by atoms with E-state index in [1.807, 2.05) is 51.2 Å². The molecule has 0 unspecified atom stereocenters. The maximum atomic E-state index is 14.6. The number of aliphatic imine (C=N–C) groups is 1. The van der Waals surface area contributed by atoms with E-state index in [1.165, 1.54) is 17.3 Å². The predicted octanol–water partition coefficient (Wildman–Crippen LogP) is 6.55. The first kappa shape index (κ1) is 30.7. The second-order valence-electron chi connectivity index (χ2n) is 10.3. The van der Waals surface area contributed by atoms with Crippen molar-refractivity contribution in [3.8, 4) is 5.88 Å². The Morgan fingerprint density at radius 3 is 2.45 bits per heavy atom. The number of nitrogens with two attached hydrogens (primary N) is 1. The highest BCUT2D eigenvalue weighted by Crippen LogP contribution is 2.24. The van der Waals surface area contributed by atoms with E-state index in [-0.39, 0.29) is 5.82 Å². The van der Waals surface area contributed by atoms with Crippen LogP contribution in [0.3, 0.4) is 0 Å². The lowest BCUT2D eigenvalue weighted by molar-refractivity contribution is 0.211. The molecule has 1 aliphatic heterocycles. The molecule has 0 bridgehead atoms. The molecular formula is C33H42FN5O. The molecule has 0 atom stereocenters. The second-order valence-corrected chi connectivity index (χ2v) is 10.3. The van der Waals surface area contributed by atoms with Crippen LogP contribution in [0.1, 0.15) is 43.4 Å². The second kappa shape index (κ2) is 15.1. The van der Waals surface area contributed by atoms with Crippen LogP contribution in [0, 0.1) is 18.7 Å². The first-order chi connectivity index (χ1) is 19.2. The maximum Gasteiger partial charge on any atom is 0.213 e. The van der Waals surface area contributed by atoms with Crippen molar-refractivity contribution >= 4 is 22.4 Å². The number of allylic oxidation sites excluding steroid dienone is 4. The van der Waals surface area contributed by atoms with Gasteiger partial charge in [0.1, 0.15) is 5.82 Å². The lowest BCUT2D eigenvalue weighted by Crippen LogP contribution is -2.37. The highest BCUT2D eigenvalue weighted by atomic mass is 19.1. The molecule has 3 heterocycles. The van der Waals surface area contributed by atoms with Gasteiger partial charge in [0.05, 0.1) is 24.3 Å². The Labute approximate surface area is 238 Å². The lowest BCUT2D eigenvalue weighted by Gasteiger charge is -2.32. The van der Waals surface area contributed by atoms with Crippen LogP contribution in [0.15, 0.2) is 78.0 Å². The van der Waals surface area contributed by atoms with Gasteiger partial charge in [0.15, 0.2) is 0 Å². The molecule has 0 radical (unpaired) electrons. The lowest BCUT2D eigenvalue weighted by atomic mass is 9.90. The minimum absolute atomic E-state index is 0.319. The number of fused-ring (bicyclic) bond motifs is 1. The van der Waals surface area contributed by atoms with Gasteiger partial charge in [0.25, 0.3) is 0 Å². The summed E-state index contributed by atoms with van der Waals surface area (Å²) in [6.45, 7) is 12.3. The number of methoxy groups -OCH3 is 1. The third kappa shape index (κ3) is 8.58. The van der Waals surface area contributed by atoms with Gasteiger partial charge in [-0.05, 0) is 70.8 Å². The van der Waals surface area contributed by atoms with E-state index >= 15 is 0 Å². The van der Waals surface area contributed by atoms with Gasteiger partial charge in [-0.25, -0.2) is 9.37 Å². The van der Waals surface area contributed by atoms with Gasteiger partial charge in [-0.15, -0.1) is 0 Å². The Bertz CT molecular complexity index is 1370. The molecule has 40 heavy (non-hydrogen) atoms. The zero-order chi connectivity index (χ0) is 29.1. The van der Waals surface area contributed by atoms with E-state index < -0.39 is 0 Å². The minimum Gasteiger partial charge on any atom is -0.481 e. The Balaban J connectivity index is 0.000000663. The normalized spacial score (nSPS) is 14.8. The van der Waals surface area contributed by atoms with Crippen molar-refractivity contribution in [2.45, 2.75) is 40.0 Å². The first-order valence-electron chi connectivity index (χ1n) is 13.7. The Morgan fingerprint density at radius 2 is 1.88 bits per heavy atom. The summed E-state index contributed by atoms with van der Waals surface area (Å²) in [6.07, 6.45) is 9.63. The number of rotatable bonds is 8. The van der Waals surface area contributed by atoms with Gasteiger partial charge in [-0.2, -0.15) is 0 Å². The standard InChI is InChI=1S/C27H32FN5O.C6H10/c1-18-4-6-19(7-5-18)23(29)16-25(30-2)20-10-13-33(14-11-20)15-12-21-22(28)17-31-24-8-9-26(34-3)32-27(21)24;1-4-5-6(2)3/h4-9,16-17,20H,10-15,29H2,1-3H3;4-5H,1H2,2-3H3/b23-16-,30-25?;. The SMILES string of the molecule is C=CC=C(C)C.CN=C(/C=C(\N)c1ccc(C)cc1)C1CCN(CCc2c(F)cnc3ccc(OC)nc23)CC1. The highest BCUT2D eigenvalue weighted by molar-refractivity contribution is 6.02. The summed E-state index contributed by atoms with van der Waals surface area (Å²) >= 11 is 0. The first-order valence-corrected chi connectivity index (χ1v) is 13.7. The van der Waals surface area contributed by atoms with Crippen molar-refractivity contribution in [1.29, 1.82) is 0 Å². The van der Waals surface area contributed by atoms with Crippen molar-refractivity contribution < 1.29 is 9.13 Å². The fourth-order valence-corrected chi connectivity index (χ4v) is 4.74. The van der Waals surface area contributed by atoms with E-state index in [9.17, 15) is 4.39 Å². The predicted molar refractivity (Wildman–Crippen MR) is 165 cm³/mol. The van der Waals surface area contributed by atoms with Crippen LogP contribution in [-0.4, -0.2) is 54.4 Å². The third-order valence-electron chi connectivity index (χ3n) is 7.03. The summed E-state index contributed by atoms with van der Waals surface area (Å²) in [7, 11) is 3.39. The summed E-state index contributed by atoms with van der Waals surface area (Å²) in [5.41, 5.74) is 13.5. The largest absolute Gasteiger partial charge is 0.481 e. The molecule has 1 fully saturated rings. The number of halogens is 1. The van der Waals surface area contributed by atoms with Crippen LogP contribution in [0.4, 0.5) is 4.39 Å². The fourth-order valence-electron chi connectivity index (χ4n) is 4.74. The van der Waals surface area contributed by atoms with E-state index in [1.54, 1.807) is 19.3 Å².